The van der Waals surface area contributed by atoms with Gasteiger partial charge in [-0.15, -0.1) is 0 Å². The first-order chi connectivity index (χ1) is 16.4. The molecule has 34 heavy (non-hydrogen) atoms. The van der Waals surface area contributed by atoms with E-state index in [1.54, 1.807) is 55.6 Å². The standard InChI is InChI=1S/C25H26N2O7/c1-30-16-7-9-19(22(13-16)33-4)26-24(28)15-6-11-21(32-3)18(12-15)25(29)27-20-10-8-17(31-2)14-23(20)34-5/h6-14H,1-5H3,(H,26,28)(H,27,29). The fourth-order valence-electron chi connectivity index (χ4n) is 3.21. The van der Waals surface area contributed by atoms with Crippen molar-refractivity contribution in [3.05, 3.63) is 65.7 Å². The Morgan fingerprint density at radius 3 is 1.53 bits per heavy atom. The van der Waals surface area contributed by atoms with Gasteiger partial charge in [0.1, 0.15) is 28.7 Å². The molecule has 3 rings (SSSR count). The van der Waals surface area contributed by atoms with Crippen LogP contribution in [0.2, 0.25) is 0 Å². The molecule has 3 aromatic rings. The average Bonchev–Trinajstić information content (AvgIpc) is 2.88. The van der Waals surface area contributed by atoms with Crippen molar-refractivity contribution < 1.29 is 33.3 Å². The molecule has 0 aliphatic rings. The Balaban J connectivity index is 1.87. The molecule has 0 aliphatic carbocycles. The maximum absolute atomic E-state index is 13.1. The van der Waals surface area contributed by atoms with Crippen LogP contribution in [-0.4, -0.2) is 47.4 Å². The van der Waals surface area contributed by atoms with E-state index in [1.807, 2.05) is 0 Å². The summed E-state index contributed by atoms with van der Waals surface area (Å²) in [6, 6.07) is 14.6. The van der Waals surface area contributed by atoms with Crippen molar-refractivity contribution in [1.82, 2.24) is 0 Å². The number of nitrogens with one attached hydrogen (secondary N) is 2. The highest BCUT2D eigenvalue weighted by molar-refractivity contribution is 6.10. The van der Waals surface area contributed by atoms with Crippen molar-refractivity contribution in [2.45, 2.75) is 0 Å². The Morgan fingerprint density at radius 2 is 1.06 bits per heavy atom. The first-order valence-electron chi connectivity index (χ1n) is 10.2. The van der Waals surface area contributed by atoms with E-state index in [0.717, 1.165) is 0 Å². The molecule has 2 N–H and O–H groups in total. The molecule has 178 valence electrons. The number of ether oxygens (including phenoxy) is 5. The second-order valence-electron chi connectivity index (χ2n) is 6.96. The summed E-state index contributed by atoms with van der Waals surface area (Å²) >= 11 is 0. The van der Waals surface area contributed by atoms with Gasteiger partial charge in [0.25, 0.3) is 11.8 Å². The molecule has 0 saturated carbocycles. The van der Waals surface area contributed by atoms with E-state index in [9.17, 15) is 9.59 Å². The van der Waals surface area contributed by atoms with Gasteiger partial charge >= 0.3 is 0 Å². The average molecular weight is 466 g/mol. The third-order valence-electron chi connectivity index (χ3n) is 5.02. The van der Waals surface area contributed by atoms with Crippen LogP contribution in [0.4, 0.5) is 11.4 Å². The number of methoxy groups -OCH3 is 5. The van der Waals surface area contributed by atoms with Gasteiger partial charge in [0.05, 0.1) is 52.5 Å². The predicted molar refractivity (Wildman–Crippen MR) is 128 cm³/mol. The van der Waals surface area contributed by atoms with Crippen LogP contribution in [0.25, 0.3) is 0 Å². The fraction of sp³-hybridized carbons (Fsp3) is 0.200. The van der Waals surface area contributed by atoms with Gasteiger partial charge in [-0.3, -0.25) is 9.59 Å². The Kier molecular flexibility index (Phi) is 7.81. The van der Waals surface area contributed by atoms with Crippen LogP contribution >= 0.6 is 0 Å². The van der Waals surface area contributed by atoms with Crippen molar-refractivity contribution in [2.75, 3.05) is 46.2 Å². The zero-order valence-corrected chi connectivity index (χ0v) is 19.6. The predicted octanol–water partition coefficient (Wildman–Crippen LogP) is 4.23. The van der Waals surface area contributed by atoms with Crippen LogP contribution in [0.1, 0.15) is 20.7 Å². The van der Waals surface area contributed by atoms with Gasteiger partial charge in [-0.25, -0.2) is 0 Å². The number of carbonyl (C=O) groups is 2. The second-order valence-corrected chi connectivity index (χ2v) is 6.96. The lowest BCUT2D eigenvalue weighted by molar-refractivity contribution is 0.102. The number of hydrogen-bond donors (Lipinski definition) is 2. The van der Waals surface area contributed by atoms with Crippen molar-refractivity contribution in [3.63, 3.8) is 0 Å². The fourth-order valence-corrected chi connectivity index (χ4v) is 3.21. The van der Waals surface area contributed by atoms with E-state index in [-0.39, 0.29) is 11.1 Å². The topological polar surface area (TPSA) is 104 Å². The van der Waals surface area contributed by atoms with Gasteiger partial charge in [-0.05, 0) is 42.5 Å². The smallest absolute Gasteiger partial charge is 0.259 e. The minimum atomic E-state index is -0.475. The van der Waals surface area contributed by atoms with Gasteiger partial charge in [0.2, 0.25) is 0 Å². The maximum atomic E-state index is 13.1. The van der Waals surface area contributed by atoms with E-state index in [4.69, 9.17) is 23.7 Å². The summed E-state index contributed by atoms with van der Waals surface area (Å²) < 4.78 is 26.4. The molecule has 0 bridgehead atoms. The van der Waals surface area contributed by atoms with Crippen LogP contribution in [0.5, 0.6) is 28.7 Å². The van der Waals surface area contributed by atoms with E-state index >= 15 is 0 Å². The van der Waals surface area contributed by atoms with Crippen LogP contribution in [0.15, 0.2) is 54.6 Å². The second kappa shape index (κ2) is 11.0. The molecule has 0 heterocycles. The van der Waals surface area contributed by atoms with Gasteiger partial charge < -0.3 is 34.3 Å². The largest absolute Gasteiger partial charge is 0.497 e. The number of amides is 2. The summed E-state index contributed by atoms with van der Waals surface area (Å²) in [5.41, 5.74) is 1.33. The van der Waals surface area contributed by atoms with Crippen LogP contribution in [-0.2, 0) is 0 Å². The highest BCUT2D eigenvalue weighted by Gasteiger charge is 2.19. The van der Waals surface area contributed by atoms with Crippen LogP contribution < -0.4 is 34.3 Å². The minimum absolute atomic E-state index is 0.176. The summed E-state index contributed by atoms with van der Waals surface area (Å²) in [4.78, 5) is 26.0. The highest BCUT2D eigenvalue weighted by Crippen LogP contribution is 2.32. The van der Waals surface area contributed by atoms with Gasteiger partial charge in [-0.1, -0.05) is 0 Å². The third kappa shape index (κ3) is 5.32. The van der Waals surface area contributed by atoms with Crippen molar-refractivity contribution in [2.24, 2.45) is 0 Å². The lowest BCUT2D eigenvalue weighted by Crippen LogP contribution is -2.17. The number of benzene rings is 3. The lowest BCUT2D eigenvalue weighted by Gasteiger charge is -2.15. The van der Waals surface area contributed by atoms with Crippen LogP contribution in [0, 0.1) is 0 Å². The third-order valence-corrected chi connectivity index (χ3v) is 5.02. The molecule has 0 aliphatic heterocycles. The molecule has 0 spiro atoms. The molecule has 9 nitrogen and oxygen atoms in total. The highest BCUT2D eigenvalue weighted by atomic mass is 16.5. The zero-order valence-electron chi connectivity index (χ0n) is 19.6. The summed E-state index contributed by atoms with van der Waals surface area (Å²) in [6.45, 7) is 0. The first-order valence-corrected chi connectivity index (χ1v) is 10.2. The molecular formula is C25H26N2O7. The minimum Gasteiger partial charge on any atom is -0.497 e. The van der Waals surface area contributed by atoms with E-state index < -0.39 is 11.8 Å². The molecule has 2 amide bonds. The van der Waals surface area contributed by atoms with Gasteiger partial charge in [0.15, 0.2) is 0 Å². The Labute approximate surface area is 197 Å². The first kappa shape index (κ1) is 24.2. The molecule has 0 aromatic heterocycles. The summed E-state index contributed by atoms with van der Waals surface area (Å²) in [5, 5.41) is 5.57. The number of carbonyl (C=O) groups excluding carboxylic acids is 2. The molecule has 0 radical (unpaired) electrons. The van der Waals surface area contributed by atoms with Gasteiger partial charge in [-0.2, -0.15) is 0 Å². The SMILES string of the molecule is COc1ccc(NC(=O)c2ccc(OC)c(C(=O)Nc3ccc(OC)cc3OC)c2)c(OC)c1. The Bertz CT molecular complexity index is 1190. The van der Waals surface area contributed by atoms with Gasteiger partial charge in [0, 0.05) is 17.7 Å². The zero-order chi connectivity index (χ0) is 24.7. The lowest BCUT2D eigenvalue weighted by atomic mass is 10.1. The number of anilines is 2. The summed E-state index contributed by atoms with van der Waals surface area (Å²) in [5.74, 6) is 1.44. The monoisotopic (exact) mass is 466 g/mol. The van der Waals surface area contributed by atoms with E-state index in [1.165, 1.54) is 34.5 Å². The van der Waals surface area contributed by atoms with E-state index in [2.05, 4.69) is 10.6 Å². The quantitative estimate of drug-likeness (QED) is 0.486. The molecule has 0 fully saturated rings. The summed E-state index contributed by atoms with van der Waals surface area (Å²) in [6.07, 6.45) is 0. The molecular weight excluding hydrogens is 440 g/mol. The van der Waals surface area contributed by atoms with E-state index in [0.29, 0.717) is 40.1 Å². The summed E-state index contributed by atoms with van der Waals surface area (Å²) in [7, 11) is 7.51. The van der Waals surface area contributed by atoms with Crippen LogP contribution in [0.3, 0.4) is 0 Å². The molecule has 9 heteroatoms. The molecule has 0 atom stereocenters. The number of hydrogen-bond acceptors (Lipinski definition) is 7. The van der Waals surface area contributed by atoms with Crippen molar-refractivity contribution in [1.29, 1.82) is 0 Å². The normalized spacial score (nSPS) is 10.1. The Hall–Kier alpha value is -4.40. The molecule has 0 saturated heterocycles. The molecule has 0 unspecified atom stereocenters. The molecule has 3 aromatic carbocycles. The maximum Gasteiger partial charge on any atom is 0.259 e. The number of rotatable bonds is 9. The van der Waals surface area contributed by atoms with Crippen molar-refractivity contribution >= 4 is 23.2 Å². The van der Waals surface area contributed by atoms with Crippen molar-refractivity contribution in [3.8, 4) is 28.7 Å². The Morgan fingerprint density at radius 1 is 0.559 bits per heavy atom.